The van der Waals surface area contributed by atoms with E-state index in [1.54, 1.807) is 0 Å². The van der Waals surface area contributed by atoms with Crippen LogP contribution in [0.25, 0.3) is 0 Å². The first-order valence-electron chi connectivity index (χ1n) is 6.72. The number of aliphatic hydroxyl groups is 1. The summed E-state index contributed by atoms with van der Waals surface area (Å²) < 4.78 is 5.13. The van der Waals surface area contributed by atoms with Crippen LogP contribution in [-0.2, 0) is 16.0 Å². The van der Waals surface area contributed by atoms with Gasteiger partial charge in [-0.25, -0.2) is 0 Å². The summed E-state index contributed by atoms with van der Waals surface area (Å²) in [6.45, 7) is 3.94. The van der Waals surface area contributed by atoms with Crippen molar-refractivity contribution in [1.82, 2.24) is 0 Å². The molecule has 0 saturated carbocycles. The second-order valence-electron chi connectivity index (χ2n) is 4.50. The molecule has 1 rings (SSSR count). The van der Waals surface area contributed by atoms with Gasteiger partial charge in [0, 0.05) is 6.42 Å². The van der Waals surface area contributed by atoms with Gasteiger partial charge in [-0.2, -0.15) is 0 Å². The van der Waals surface area contributed by atoms with Crippen LogP contribution in [0.15, 0.2) is 43.0 Å². The van der Waals surface area contributed by atoms with Crippen LogP contribution in [0, 0.1) is 0 Å². The lowest BCUT2D eigenvalue weighted by molar-refractivity contribution is -0.143. The number of rotatable bonds is 9. The van der Waals surface area contributed by atoms with Gasteiger partial charge >= 0.3 is 5.97 Å². The van der Waals surface area contributed by atoms with Crippen molar-refractivity contribution in [2.24, 2.45) is 0 Å². The van der Waals surface area contributed by atoms with E-state index in [1.165, 1.54) is 11.6 Å². The number of hydrogen-bond donors (Lipinski definition) is 1. The van der Waals surface area contributed by atoms with Gasteiger partial charge in [-0.05, 0) is 31.2 Å². The molecule has 1 aromatic carbocycles. The molecule has 0 bridgehead atoms. The molecule has 3 nitrogen and oxygen atoms in total. The quantitative estimate of drug-likeness (QED) is 0.423. The topological polar surface area (TPSA) is 46.5 Å². The second-order valence-corrected chi connectivity index (χ2v) is 4.50. The Hall–Kier alpha value is -1.61. The van der Waals surface area contributed by atoms with Gasteiger partial charge in [-0.3, -0.25) is 4.79 Å². The minimum Gasteiger partial charge on any atom is -0.466 e. The van der Waals surface area contributed by atoms with Crippen LogP contribution in [0.4, 0.5) is 0 Å². The summed E-state index contributed by atoms with van der Waals surface area (Å²) in [5, 5.41) is 9.24. The van der Waals surface area contributed by atoms with Gasteiger partial charge in [0.05, 0.1) is 12.7 Å². The van der Waals surface area contributed by atoms with Crippen molar-refractivity contribution in [2.45, 2.75) is 38.2 Å². The Bertz CT molecular complexity index is 373. The summed E-state index contributed by atoms with van der Waals surface area (Å²) in [6.07, 6.45) is 4.26. The van der Waals surface area contributed by atoms with E-state index in [2.05, 4.69) is 18.7 Å². The third-order valence-electron chi connectivity index (χ3n) is 2.87. The molecule has 1 N–H and O–H groups in total. The summed E-state index contributed by atoms with van der Waals surface area (Å²) in [5.74, 6) is -0.190. The molecular weight excluding hydrogens is 240 g/mol. The Morgan fingerprint density at radius 1 is 1.32 bits per heavy atom. The molecule has 0 heterocycles. The molecule has 1 aromatic rings. The van der Waals surface area contributed by atoms with Gasteiger partial charge in [0.25, 0.3) is 0 Å². The van der Waals surface area contributed by atoms with Crippen LogP contribution in [-0.4, -0.2) is 23.8 Å². The maximum atomic E-state index is 11.4. The average molecular weight is 262 g/mol. The summed E-state index contributed by atoms with van der Waals surface area (Å²) in [5.41, 5.74) is 1.26. The maximum Gasteiger partial charge on any atom is 0.305 e. The summed E-state index contributed by atoms with van der Waals surface area (Å²) in [4.78, 5) is 11.4. The normalized spacial score (nSPS) is 11.8. The molecular formula is C16H22O3. The predicted octanol–water partition coefficient (Wildman–Crippen LogP) is 2.88. The highest BCUT2D eigenvalue weighted by molar-refractivity contribution is 5.69. The average Bonchev–Trinajstić information content (AvgIpc) is 2.44. The fraction of sp³-hybridized carbons (Fsp3) is 0.438. The molecule has 1 unspecified atom stereocenters. The molecule has 0 aliphatic carbocycles. The second kappa shape index (κ2) is 9.34. The van der Waals surface area contributed by atoms with Crippen molar-refractivity contribution in [3.8, 4) is 0 Å². The van der Waals surface area contributed by atoms with Gasteiger partial charge in [0.2, 0.25) is 0 Å². The number of carbonyl (C=O) groups excluding carboxylic acids is 1. The van der Waals surface area contributed by atoms with Crippen LogP contribution < -0.4 is 0 Å². The van der Waals surface area contributed by atoms with Gasteiger partial charge in [-0.15, -0.1) is 6.58 Å². The molecule has 0 aliphatic rings. The van der Waals surface area contributed by atoms with Crippen LogP contribution in [0.1, 0.15) is 31.2 Å². The summed E-state index contributed by atoms with van der Waals surface area (Å²) >= 11 is 0. The SMILES string of the molecule is C=CC(O)CCCC(=O)OCCCc1ccccc1. The van der Waals surface area contributed by atoms with E-state index >= 15 is 0 Å². The molecule has 104 valence electrons. The zero-order chi connectivity index (χ0) is 13.9. The summed E-state index contributed by atoms with van der Waals surface area (Å²) in [6, 6.07) is 10.1. The molecule has 0 radical (unpaired) electrons. The van der Waals surface area contributed by atoms with E-state index in [0.717, 1.165) is 12.8 Å². The van der Waals surface area contributed by atoms with Gasteiger partial charge < -0.3 is 9.84 Å². The van der Waals surface area contributed by atoms with Gasteiger partial charge in [0.15, 0.2) is 0 Å². The lowest BCUT2D eigenvalue weighted by Crippen LogP contribution is -2.08. The van der Waals surface area contributed by atoms with Crippen molar-refractivity contribution >= 4 is 5.97 Å². The Labute approximate surface area is 114 Å². The minimum absolute atomic E-state index is 0.190. The Kier molecular flexibility index (Phi) is 7.59. The molecule has 0 saturated heterocycles. The standard InChI is InChI=1S/C16H22O3/c1-2-15(17)11-6-12-16(18)19-13-7-10-14-8-4-3-5-9-14/h2-5,8-9,15,17H,1,6-7,10-13H2. The smallest absolute Gasteiger partial charge is 0.305 e. The van der Waals surface area contributed by atoms with Crippen molar-refractivity contribution in [3.05, 3.63) is 48.6 Å². The lowest BCUT2D eigenvalue weighted by Gasteiger charge is -2.06. The molecule has 0 spiro atoms. The molecule has 0 amide bonds. The predicted molar refractivity (Wildman–Crippen MR) is 75.8 cm³/mol. The number of aliphatic hydroxyl groups excluding tert-OH is 1. The third kappa shape index (κ3) is 7.42. The molecule has 0 fully saturated rings. The fourth-order valence-electron chi connectivity index (χ4n) is 1.75. The van der Waals surface area contributed by atoms with Crippen molar-refractivity contribution in [3.63, 3.8) is 0 Å². The number of hydrogen-bond acceptors (Lipinski definition) is 3. The maximum absolute atomic E-state index is 11.4. The van der Waals surface area contributed by atoms with Crippen LogP contribution in [0.3, 0.4) is 0 Å². The van der Waals surface area contributed by atoms with Crippen LogP contribution >= 0.6 is 0 Å². The van der Waals surface area contributed by atoms with Gasteiger partial charge in [0.1, 0.15) is 0 Å². The van der Waals surface area contributed by atoms with E-state index in [0.29, 0.717) is 25.9 Å². The molecule has 1 atom stereocenters. The highest BCUT2D eigenvalue weighted by Crippen LogP contribution is 2.05. The number of benzene rings is 1. The highest BCUT2D eigenvalue weighted by atomic mass is 16.5. The van der Waals surface area contributed by atoms with E-state index in [9.17, 15) is 9.90 Å². The van der Waals surface area contributed by atoms with E-state index in [1.807, 2.05) is 18.2 Å². The molecule has 0 aromatic heterocycles. The number of esters is 1. The van der Waals surface area contributed by atoms with Crippen molar-refractivity contribution < 1.29 is 14.6 Å². The number of aryl methyl sites for hydroxylation is 1. The van der Waals surface area contributed by atoms with E-state index in [4.69, 9.17) is 4.74 Å². The zero-order valence-corrected chi connectivity index (χ0v) is 11.3. The Morgan fingerprint density at radius 2 is 2.05 bits per heavy atom. The highest BCUT2D eigenvalue weighted by Gasteiger charge is 2.04. The van der Waals surface area contributed by atoms with Crippen LogP contribution in [0.5, 0.6) is 0 Å². The van der Waals surface area contributed by atoms with Crippen molar-refractivity contribution in [2.75, 3.05) is 6.61 Å². The molecule has 19 heavy (non-hydrogen) atoms. The van der Waals surface area contributed by atoms with E-state index < -0.39 is 6.10 Å². The lowest BCUT2D eigenvalue weighted by atomic mass is 10.1. The first-order chi connectivity index (χ1) is 9.22. The Morgan fingerprint density at radius 3 is 2.74 bits per heavy atom. The van der Waals surface area contributed by atoms with E-state index in [-0.39, 0.29) is 5.97 Å². The molecule has 0 aliphatic heterocycles. The largest absolute Gasteiger partial charge is 0.466 e. The minimum atomic E-state index is -0.522. The third-order valence-corrected chi connectivity index (χ3v) is 2.87. The first kappa shape index (κ1) is 15.4. The zero-order valence-electron chi connectivity index (χ0n) is 11.3. The summed E-state index contributed by atoms with van der Waals surface area (Å²) in [7, 11) is 0. The monoisotopic (exact) mass is 262 g/mol. The molecule has 3 heteroatoms. The van der Waals surface area contributed by atoms with Crippen molar-refractivity contribution in [1.29, 1.82) is 0 Å². The van der Waals surface area contributed by atoms with Crippen LogP contribution in [0.2, 0.25) is 0 Å². The first-order valence-corrected chi connectivity index (χ1v) is 6.72. The van der Waals surface area contributed by atoms with Gasteiger partial charge in [-0.1, -0.05) is 36.4 Å². The fourth-order valence-corrected chi connectivity index (χ4v) is 1.75. The Balaban J connectivity index is 2.03. The number of carbonyl (C=O) groups is 1. The number of ether oxygens (including phenoxy) is 1.